The monoisotopic (exact) mass is 290 g/mol. The SMILES string of the molecule is Cn1cnnc1C1CN(C(=O)CC2=CCCCC2)CCO1. The summed E-state index contributed by atoms with van der Waals surface area (Å²) in [7, 11) is 1.90. The molecule has 1 aromatic rings. The molecule has 114 valence electrons. The third-order valence-corrected chi connectivity index (χ3v) is 4.22. The number of ether oxygens (including phenoxy) is 1. The van der Waals surface area contributed by atoms with Crippen molar-refractivity contribution in [3.05, 3.63) is 23.8 Å². The van der Waals surface area contributed by atoms with Crippen molar-refractivity contribution < 1.29 is 9.53 Å². The number of nitrogens with zero attached hydrogens (tertiary/aromatic N) is 4. The van der Waals surface area contributed by atoms with Crippen LogP contribution in [0.25, 0.3) is 0 Å². The van der Waals surface area contributed by atoms with Crippen molar-refractivity contribution in [1.82, 2.24) is 19.7 Å². The average molecular weight is 290 g/mol. The van der Waals surface area contributed by atoms with Crippen LogP contribution in [0.4, 0.5) is 0 Å². The maximum absolute atomic E-state index is 12.5. The number of allylic oxidation sites excluding steroid dienone is 1. The van der Waals surface area contributed by atoms with Crippen LogP contribution in [0.5, 0.6) is 0 Å². The quantitative estimate of drug-likeness (QED) is 0.793. The van der Waals surface area contributed by atoms with Crippen molar-refractivity contribution in [2.45, 2.75) is 38.2 Å². The largest absolute Gasteiger partial charge is 0.366 e. The standard InChI is InChI=1S/C15H22N4O2/c1-18-11-16-17-15(18)13-10-19(7-8-21-13)14(20)9-12-5-3-2-4-6-12/h5,11,13H,2-4,6-10H2,1H3. The second-order valence-electron chi connectivity index (χ2n) is 5.78. The fraction of sp³-hybridized carbons (Fsp3) is 0.667. The van der Waals surface area contributed by atoms with Crippen LogP contribution in [-0.4, -0.2) is 45.3 Å². The van der Waals surface area contributed by atoms with E-state index in [0.29, 0.717) is 26.1 Å². The first kappa shape index (κ1) is 14.3. The molecular weight excluding hydrogens is 268 g/mol. The molecule has 1 saturated heterocycles. The van der Waals surface area contributed by atoms with Gasteiger partial charge in [-0.15, -0.1) is 10.2 Å². The Labute approximate surface area is 124 Å². The van der Waals surface area contributed by atoms with Crippen LogP contribution < -0.4 is 0 Å². The van der Waals surface area contributed by atoms with E-state index >= 15 is 0 Å². The minimum absolute atomic E-state index is 0.171. The number of carbonyl (C=O) groups excluding carboxylic acids is 1. The Morgan fingerprint density at radius 3 is 3.10 bits per heavy atom. The molecule has 1 aliphatic carbocycles. The van der Waals surface area contributed by atoms with Crippen LogP contribution in [0.2, 0.25) is 0 Å². The van der Waals surface area contributed by atoms with Gasteiger partial charge in [0.05, 0.1) is 13.2 Å². The first-order valence-electron chi connectivity index (χ1n) is 7.65. The molecule has 0 aromatic carbocycles. The third-order valence-electron chi connectivity index (χ3n) is 4.22. The van der Waals surface area contributed by atoms with E-state index in [4.69, 9.17) is 4.74 Å². The zero-order valence-corrected chi connectivity index (χ0v) is 12.5. The van der Waals surface area contributed by atoms with Crippen molar-refractivity contribution in [3.8, 4) is 0 Å². The Balaban J connectivity index is 1.61. The predicted octanol–water partition coefficient (Wildman–Crippen LogP) is 1.61. The molecule has 0 saturated carbocycles. The number of aryl methyl sites for hydroxylation is 1. The Bertz CT molecular complexity index is 538. The topological polar surface area (TPSA) is 60.2 Å². The van der Waals surface area contributed by atoms with E-state index in [-0.39, 0.29) is 12.0 Å². The van der Waals surface area contributed by atoms with Crippen molar-refractivity contribution in [1.29, 1.82) is 0 Å². The molecule has 6 heteroatoms. The summed E-state index contributed by atoms with van der Waals surface area (Å²) >= 11 is 0. The molecule has 0 bridgehead atoms. The zero-order valence-electron chi connectivity index (χ0n) is 12.5. The number of rotatable bonds is 3. The van der Waals surface area contributed by atoms with Crippen LogP contribution in [0.3, 0.4) is 0 Å². The molecule has 1 aliphatic heterocycles. The zero-order chi connectivity index (χ0) is 14.7. The number of hydrogen-bond acceptors (Lipinski definition) is 4. The number of morpholine rings is 1. The molecule has 1 amide bonds. The molecule has 2 aliphatic rings. The molecule has 1 fully saturated rings. The van der Waals surface area contributed by atoms with E-state index in [1.165, 1.54) is 18.4 Å². The smallest absolute Gasteiger partial charge is 0.226 e. The Morgan fingerprint density at radius 2 is 2.38 bits per heavy atom. The van der Waals surface area contributed by atoms with E-state index in [1.807, 2.05) is 16.5 Å². The van der Waals surface area contributed by atoms with Crippen molar-refractivity contribution in [2.75, 3.05) is 19.7 Å². The molecule has 2 heterocycles. The lowest BCUT2D eigenvalue weighted by molar-refractivity contribution is -0.138. The first-order chi connectivity index (χ1) is 10.2. The van der Waals surface area contributed by atoms with Gasteiger partial charge in [-0.2, -0.15) is 0 Å². The predicted molar refractivity (Wildman–Crippen MR) is 77.4 cm³/mol. The van der Waals surface area contributed by atoms with Gasteiger partial charge in [0.2, 0.25) is 5.91 Å². The summed E-state index contributed by atoms with van der Waals surface area (Å²) in [5.74, 6) is 0.989. The lowest BCUT2D eigenvalue weighted by atomic mass is 9.97. The van der Waals surface area contributed by atoms with E-state index in [2.05, 4.69) is 16.3 Å². The van der Waals surface area contributed by atoms with E-state index in [0.717, 1.165) is 18.7 Å². The maximum Gasteiger partial charge on any atom is 0.226 e. The number of hydrogen-bond donors (Lipinski definition) is 0. The van der Waals surface area contributed by atoms with Crippen LogP contribution in [0.15, 0.2) is 18.0 Å². The van der Waals surface area contributed by atoms with Gasteiger partial charge in [-0.1, -0.05) is 11.6 Å². The molecule has 21 heavy (non-hydrogen) atoms. The van der Waals surface area contributed by atoms with Gasteiger partial charge in [-0.25, -0.2) is 0 Å². The van der Waals surface area contributed by atoms with Crippen LogP contribution in [-0.2, 0) is 16.6 Å². The molecule has 1 unspecified atom stereocenters. The lowest BCUT2D eigenvalue weighted by Gasteiger charge is -2.32. The van der Waals surface area contributed by atoms with E-state index in [1.54, 1.807) is 6.33 Å². The van der Waals surface area contributed by atoms with Crippen LogP contribution in [0, 0.1) is 0 Å². The summed E-state index contributed by atoms with van der Waals surface area (Å²) in [6.45, 7) is 1.79. The van der Waals surface area contributed by atoms with Gasteiger partial charge < -0.3 is 14.2 Å². The van der Waals surface area contributed by atoms with Gasteiger partial charge >= 0.3 is 0 Å². The first-order valence-corrected chi connectivity index (χ1v) is 7.65. The Morgan fingerprint density at radius 1 is 1.48 bits per heavy atom. The molecular formula is C15H22N4O2. The molecule has 0 N–H and O–H groups in total. The summed E-state index contributed by atoms with van der Waals surface area (Å²) in [6.07, 6.45) is 8.94. The van der Waals surface area contributed by atoms with Crippen LogP contribution >= 0.6 is 0 Å². The molecule has 0 spiro atoms. The fourth-order valence-corrected chi connectivity index (χ4v) is 2.99. The highest BCUT2D eigenvalue weighted by Gasteiger charge is 2.28. The van der Waals surface area contributed by atoms with Gasteiger partial charge in [0, 0.05) is 20.0 Å². The highest BCUT2D eigenvalue weighted by Crippen LogP contribution is 2.24. The van der Waals surface area contributed by atoms with Gasteiger partial charge in [0.1, 0.15) is 12.4 Å². The summed E-state index contributed by atoms with van der Waals surface area (Å²) in [6, 6.07) is 0. The third kappa shape index (κ3) is 3.32. The van der Waals surface area contributed by atoms with Gasteiger partial charge in [0.25, 0.3) is 0 Å². The van der Waals surface area contributed by atoms with Crippen molar-refractivity contribution >= 4 is 5.91 Å². The normalized spacial score (nSPS) is 23.0. The summed E-state index contributed by atoms with van der Waals surface area (Å²) in [5.41, 5.74) is 1.30. The Hall–Kier alpha value is -1.69. The van der Waals surface area contributed by atoms with Crippen LogP contribution in [0.1, 0.15) is 44.0 Å². The molecule has 1 aromatic heterocycles. The lowest BCUT2D eigenvalue weighted by Crippen LogP contribution is -2.43. The maximum atomic E-state index is 12.5. The molecule has 1 atom stereocenters. The minimum Gasteiger partial charge on any atom is -0.366 e. The summed E-state index contributed by atoms with van der Waals surface area (Å²) < 4.78 is 7.59. The Kier molecular flexibility index (Phi) is 4.34. The van der Waals surface area contributed by atoms with E-state index < -0.39 is 0 Å². The average Bonchev–Trinajstić information content (AvgIpc) is 2.94. The fourth-order valence-electron chi connectivity index (χ4n) is 2.99. The van der Waals surface area contributed by atoms with E-state index in [9.17, 15) is 4.79 Å². The number of amides is 1. The van der Waals surface area contributed by atoms with Gasteiger partial charge in [-0.05, 0) is 25.7 Å². The highest BCUT2D eigenvalue weighted by molar-refractivity contribution is 5.78. The number of carbonyl (C=O) groups is 1. The highest BCUT2D eigenvalue weighted by atomic mass is 16.5. The second-order valence-corrected chi connectivity index (χ2v) is 5.78. The molecule has 3 rings (SSSR count). The summed E-state index contributed by atoms with van der Waals surface area (Å²) in [5, 5.41) is 7.97. The second kappa shape index (κ2) is 6.39. The molecule has 0 radical (unpaired) electrons. The molecule has 6 nitrogen and oxygen atoms in total. The van der Waals surface area contributed by atoms with Gasteiger partial charge in [-0.3, -0.25) is 4.79 Å². The van der Waals surface area contributed by atoms with Crippen molar-refractivity contribution in [2.24, 2.45) is 7.05 Å². The van der Waals surface area contributed by atoms with Gasteiger partial charge in [0.15, 0.2) is 5.82 Å². The number of aromatic nitrogens is 3. The van der Waals surface area contributed by atoms with Crippen molar-refractivity contribution in [3.63, 3.8) is 0 Å². The minimum atomic E-state index is -0.171. The summed E-state index contributed by atoms with van der Waals surface area (Å²) in [4.78, 5) is 14.4.